The van der Waals surface area contributed by atoms with E-state index in [1.165, 1.54) is 0 Å². The van der Waals surface area contributed by atoms with Crippen molar-refractivity contribution in [3.05, 3.63) is 29.8 Å². The van der Waals surface area contributed by atoms with Crippen LogP contribution in [0.3, 0.4) is 0 Å². The Hall–Kier alpha value is -2.37. The second-order valence-electron chi connectivity index (χ2n) is 5.55. The molecular formula is C16H17NO5-2. The lowest BCUT2D eigenvalue weighted by Gasteiger charge is -2.31. The number of carbonyl (C=O) groups excluding carboxylic acids is 3. The fraction of sp³-hybridized carbons (Fsp3) is 0.438. The molecule has 1 N–H and O–H groups in total. The van der Waals surface area contributed by atoms with Crippen molar-refractivity contribution in [2.24, 2.45) is 11.8 Å². The molecule has 1 aliphatic rings. The zero-order chi connectivity index (χ0) is 16.1. The molecule has 2 atom stereocenters. The molecule has 0 aliphatic heterocycles. The van der Waals surface area contributed by atoms with Gasteiger partial charge in [-0.05, 0) is 30.5 Å². The molecule has 0 saturated heterocycles. The highest BCUT2D eigenvalue weighted by molar-refractivity contribution is 5.95. The van der Waals surface area contributed by atoms with Crippen molar-refractivity contribution in [1.82, 2.24) is 0 Å². The molecule has 6 heteroatoms. The molecular weight excluding hydrogens is 286 g/mol. The molecule has 22 heavy (non-hydrogen) atoms. The van der Waals surface area contributed by atoms with E-state index in [0.717, 1.165) is 12.8 Å². The van der Waals surface area contributed by atoms with Crippen molar-refractivity contribution in [3.63, 3.8) is 0 Å². The molecule has 0 spiro atoms. The van der Waals surface area contributed by atoms with Crippen molar-refractivity contribution in [2.45, 2.75) is 32.1 Å². The summed E-state index contributed by atoms with van der Waals surface area (Å²) >= 11 is 0. The van der Waals surface area contributed by atoms with Crippen LogP contribution in [0, 0.1) is 11.8 Å². The van der Waals surface area contributed by atoms with E-state index in [-0.39, 0.29) is 12.3 Å². The molecule has 0 aromatic heterocycles. The third-order valence-electron chi connectivity index (χ3n) is 3.98. The Balaban J connectivity index is 2.01. The van der Waals surface area contributed by atoms with Crippen LogP contribution in [-0.4, -0.2) is 17.8 Å². The van der Waals surface area contributed by atoms with E-state index in [4.69, 9.17) is 0 Å². The van der Waals surface area contributed by atoms with Crippen molar-refractivity contribution in [1.29, 1.82) is 0 Å². The minimum Gasteiger partial charge on any atom is -0.550 e. The van der Waals surface area contributed by atoms with Crippen LogP contribution < -0.4 is 15.5 Å². The Morgan fingerprint density at radius 3 is 2.14 bits per heavy atom. The Morgan fingerprint density at radius 1 is 1.00 bits per heavy atom. The number of carbonyl (C=O) groups is 3. The van der Waals surface area contributed by atoms with Gasteiger partial charge < -0.3 is 25.1 Å². The first kappa shape index (κ1) is 16.0. The molecule has 1 saturated carbocycles. The van der Waals surface area contributed by atoms with Crippen LogP contribution in [0.1, 0.15) is 31.2 Å². The highest BCUT2D eigenvalue weighted by Gasteiger charge is 2.31. The molecule has 0 bridgehead atoms. The van der Waals surface area contributed by atoms with E-state index >= 15 is 0 Å². The highest BCUT2D eigenvalue weighted by Crippen LogP contribution is 2.30. The van der Waals surface area contributed by atoms with Crippen molar-refractivity contribution < 1.29 is 24.6 Å². The molecule has 1 fully saturated rings. The van der Waals surface area contributed by atoms with Crippen molar-refractivity contribution >= 4 is 23.5 Å². The molecule has 1 amide bonds. The monoisotopic (exact) mass is 303 g/mol. The Labute approximate surface area is 128 Å². The smallest absolute Gasteiger partial charge is 0.228 e. The predicted molar refractivity (Wildman–Crippen MR) is 74.2 cm³/mol. The molecule has 0 unspecified atom stereocenters. The zero-order valence-corrected chi connectivity index (χ0v) is 12.0. The van der Waals surface area contributed by atoms with Gasteiger partial charge in [-0.25, -0.2) is 0 Å². The summed E-state index contributed by atoms with van der Waals surface area (Å²) < 4.78 is 0. The largest absolute Gasteiger partial charge is 0.550 e. The Morgan fingerprint density at radius 2 is 1.59 bits per heavy atom. The predicted octanol–water partition coefficient (Wildman–Crippen LogP) is -0.526. The molecule has 1 aliphatic carbocycles. The van der Waals surface area contributed by atoms with Crippen LogP contribution in [-0.2, 0) is 20.8 Å². The van der Waals surface area contributed by atoms with E-state index in [1.54, 1.807) is 24.3 Å². The van der Waals surface area contributed by atoms with E-state index < -0.39 is 23.8 Å². The number of hydrogen-bond donors (Lipinski definition) is 1. The minimum absolute atomic E-state index is 0.191. The number of carboxylic acids is 2. The van der Waals surface area contributed by atoms with Gasteiger partial charge in [-0.2, -0.15) is 0 Å². The maximum absolute atomic E-state index is 12.2. The van der Waals surface area contributed by atoms with Crippen LogP contribution in [0.5, 0.6) is 0 Å². The first-order valence-electron chi connectivity index (χ1n) is 7.28. The molecule has 118 valence electrons. The Kier molecular flexibility index (Phi) is 5.14. The lowest BCUT2D eigenvalue weighted by atomic mass is 9.78. The third kappa shape index (κ3) is 4.07. The summed E-state index contributed by atoms with van der Waals surface area (Å²) in [4.78, 5) is 33.9. The first-order valence-corrected chi connectivity index (χ1v) is 7.28. The SMILES string of the molecule is O=C([O-])Cc1ccc(NC(=O)[C@H]2CCCC[C@@H]2C(=O)[O-])cc1. The number of amides is 1. The van der Waals surface area contributed by atoms with Crippen molar-refractivity contribution in [2.75, 3.05) is 5.32 Å². The quantitative estimate of drug-likeness (QED) is 0.786. The summed E-state index contributed by atoms with van der Waals surface area (Å²) in [5, 5.41) is 24.3. The fourth-order valence-electron chi connectivity index (χ4n) is 2.83. The molecule has 1 aromatic rings. The summed E-state index contributed by atoms with van der Waals surface area (Å²) in [5.41, 5.74) is 1.08. The number of rotatable bonds is 5. The maximum Gasteiger partial charge on any atom is 0.228 e. The van der Waals surface area contributed by atoms with Crippen LogP contribution >= 0.6 is 0 Å². The van der Waals surface area contributed by atoms with Gasteiger partial charge in [0.25, 0.3) is 0 Å². The van der Waals surface area contributed by atoms with E-state index in [0.29, 0.717) is 24.1 Å². The maximum atomic E-state index is 12.2. The van der Waals surface area contributed by atoms with Crippen LogP contribution in [0.2, 0.25) is 0 Å². The van der Waals surface area contributed by atoms with Gasteiger partial charge in [-0.1, -0.05) is 25.0 Å². The fourth-order valence-corrected chi connectivity index (χ4v) is 2.83. The van der Waals surface area contributed by atoms with Gasteiger partial charge in [-0.15, -0.1) is 0 Å². The van der Waals surface area contributed by atoms with Gasteiger partial charge in [0.2, 0.25) is 5.91 Å². The summed E-state index contributed by atoms with van der Waals surface area (Å²) in [6.45, 7) is 0. The average molecular weight is 303 g/mol. The number of carboxylic acid groups (broad SMARTS) is 2. The molecule has 6 nitrogen and oxygen atoms in total. The lowest BCUT2D eigenvalue weighted by Crippen LogP contribution is -2.42. The second kappa shape index (κ2) is 7.06. The van der Waals surface area contributed by atoms with Crippen molar-refractivity contribution in [3.8, 4) is 0 Å². The zero-order valence-electron chi connectivity index (χ0n) is 12.0. The summed E-state index contributed by atoms with van der Waals surface area (Å²) in [5.74, 6) is -4.01. The van der Waals surface area contributed by atoms with Gasteiger partial charge in [0.1, 0.15) is 0 Å². The average Bonchev–Trinajstić information content (AvgIpc) is 2.48. The number of hydrogen-bond acceptors (Lipinski definition) is 5. The van der Waals surface area contributed by atoms with Gasteiger partial charge in [-0.3, -0.25) is 4.79 Å². The van der Waals surface area contributed by atoms with E-state index in [9.17, 15) is 24.6 Å². The van der Waals surface area contributed by atoms with E-state index in [2.05, 4.69) is 5.32 Å². The van der Waals surface area contributed by atoms with Crippen LogP contribution in [0.15, 0.2) is 24.3 Å². The number of aliphatic carboxylic acids is 2. The normalized spacial score (nSPS) is 21.1. The summed E-state index contributed by atoms with van der Waals surface area (Å²) in [6, 6.07) is 6.35. The summed E-state index contributed by atoms with van der Waals surface area (Å²) in [6.07, 6.45) is 2.43. The second-order valence-corrected chi connectivity index (χ2v) is 5.55. The number of anilines is 1. The minimum atomic E-state index is -1.18. The molecule has 0 radical (unpaired) electrons. The Bertz CT molecular complexity index is 566. The standard InChI is InChI=1S/C16H19NO5/c18-14(19)9-10-5-7-11(8-6-10)17-15(20)12-3-1-2-4-13(12)16(21)22/h5-8,12-13H,1-4,9H2,(H,17,20)(H,18,19)(H,21,22)/p-2/t12-,13-/m0/s1. The highest BCUT2D eigenvalue weighted by atomic mass is 16.4. The van der Waals surface area contributed by atoms with Gasteiger partial charge in [0.15, 0.2) is 0 Å². The van der Waals surface area contributed by atoms with Gasteiger partial charge in [0, 0.05) is 35.9 Å². The lowest BCUT2D eigenvalue weighted by molar-refractivity contribution is -0.314. The number of nitrogens with one attached hydrogen (secondary N) is 1. The number of benzene rings is 1. The van der Waals surface area contributed by atoms with E-state index in [1.807, 2.05) is 0 Å². The van der Waals surface area contributed by atoms with Crippen LogP contribution in [0.25, 0.3) is 0 Å². The third-order valence-corrected chi connectivity index (χ3v) is 3.98. The topological polar surface area (TPSA) is 109 Å². The van der Waals surface area contributed by atoms with Gasteiger partial charge >= 0.3 is 0 Å². The summed E-state index contributed by atoms with van der Waals surface area (Å²) in [7, 11) is 0. The molecule has 0 heterocycles. The van der Waals surface area contributed by atoms with Gasteiger partial charge in [0.05, 0.1) is 0 Å². The molecule has 2 rings (SSSR count). The first-order chi connectivity index (χ1) is 10.5. The molecule has 1 aromatic carbocycles. The van der Waals surface area contributed by atoms with Crippen LogP contribution in [0.4, 0.5) is 5.69 Å².